The Morgan fingerprint density at radius 2 is 2.27 bits per heavy atom. The molecule has 3 heteroatoms. The molecule has 0 aliphatic heterocycles. The molecule has 0 N–H and O–H groups in total. The first-order valence-electron chi connectivity index (χ1n) is 3.95. The average Bonchev–Trinajstić information content (AvgIpc) is 2.01. The van der Waals surface area contributed by atoms with Crippen LogP contribution in [0.1, 0.15) is 26.2 Å². The van der Waals surface area contributed by atoms with Gasteiger partial charge >= 0.3 is 5.97 Å². The first kappa shape index (κ1) is 10.8. The molecule has 0 aromatic carbocycles. The van der Waals surface area contributed by atoms with Crippen molar-refractivity contribution in [3.8, 4) is 0 Å². The van der Waals surface area contributed by atoms with Crippen LogP contribution in [0.25, 0.3) is 0 Å². The summed E-state index contributed by atoms with van der Waals surface area (Å²) < 4.78 is 4.92. The van der Waals surface area contributed by atoms with Gasteiger partial charge in [0.05, 0.1) is 0 Å². The van der Waals surface area contributed by atoms with Crippen LogP contribution in [0.15, 0.2) is 0 Å². The molecule has 0 saturated heterocycles. The van der Waals surface area contributed by atoms with Crippen molar-refractivity contribution in [3.63, 3.8) is 0 Å². The molecule has 0 spiro atoms. The number of hydrogen-bond donors (Lipinski definition) is 0. The second-order valence-electron chi connectivity index (χ2n) is 2.32. The minimum absolute atomic E-state index is 0.0547. The van der Waals surface area contributed by atoms with E-state index < -0.39 is 0 Å². The predicted molar refractivity (Wildman–Crippen MR) is 48.9 cm³/mol. The molecule has 0 saturated carbocycles. The number of thioether (sulfide) groups is 1. The topological polar surface area (TPSA) is 26.3 Å². The van der Waals surface area contributed by atoms with E-state index in [0.717, 1.165) is 18.6 Å². The lowest BCUT2D eigenvalue weighted by Gasteiger charge is -2.01. The summed E-state index contributed by atoms with van der Waals surface area (Å²) in [5.41, 5.74) is 0. The summed E-state index contributed by atoms with van der Waals surface area (Å²) in [5.74, 6) is 0.846. The van der Waals surface area contributed by atoms with E-state index in [4.69, 9.17) is 4.74 Å². The maximum Gasteiger partial charge on any atom is 0.305 e. The van der Waals surface area contributed by atoms with Gasteiger partial charge < -0.3 is 4.74 Å². The molecule has 0 fully saturated rings. The molecule has 0 rings (SSSR count). The van der Waals surface area contributed by atoms with Crippen molar-refractivity contribution in [1.82, 2.24) is 0 Å². The largest absolute Gasteiger partial charge is 0.465 e. The average molecular weight is 176 g/mol. The maximum absolute atomic E-state index is 10.8. The van der Waals surface area contributed by atoms with E-state index in [1.54, 1.807) is 11.8 Å². The number of esters is 1. The lowest BCUT2D eigenvalue weighted by atomic mass is 10.3. The van der Waals surface area contributed by atoms with Crippen molar-refractivity contribution in [2.24, 2.45) is 0 Å². The highest BCUT2D eigenvalue weighted by atomic mass is 32.2. The Balaban J connectivity index is 3.09. The summed E-state index contributed by atoms with van der Waals surface area (Å²) >= 11 is 1.69. The summed E-state index contributed by atoms with van der Waals surface area (Å²) in [6.45, 7) is 2.62. The fourth-order valence-electron chi connectivity index (χ4n) is 0.632. The number of carbonyl (C=O) groups is 1. The lowest BCUT2D eigenvalue weighted by Crippen LogP contribution is -2.06. The van der Waals surface area contributed by atoms with Gasteiger partial charge in [0.25, 0.3) is 0 Å². The highest BCUT2D eigenvalue weighted by Gasteiger charge is 1.99. The Hall–Kier alpha value is -0.180. The third-order valence-electron chi connectivity index (χ3n) is 1.28. The molecule has 0 bridgehead atoms. The number of unbranched alkanes of at least 4 members (excludes halogenated alkanes) is 1. The van der Waals surface area contributed by atoms with E-state index in [-0.39, 0.29) is 5.97 Å². The molecule has 0 heterocycles. The van der Waals surface area contributed by atoms with Crippen LogP contribution in [0.3, 0.4) is 0 Å². The van der Waals surface area contributed by atoms with E-state index >= 15 is 0 Å². The third kappa shape index (κ3) is 7.72. The summed E-state index contributed by atoms with van der Waals surface area (Å²) in [5, 5.41) is 0. The van der Waals surface area contributed by atoms with Crippen LogP contribution >= 0.6 is 11.8 Å². The quantitative estimate of drug-likeness (QED) is 0.458. The van der Waals surface area contributed by atoms with Crippen molar-refractivity contribution in [1.29, 1.82) is 0 Å². The Labute approximate surface area is 72.7 Å². The van der Waals surface area contributed by atoms with Crippen LogP contribution in [0.5, 0.6) is 0 Å². The summed E-state index contributed by atoms with van der Waals surface area (Å²) in [4.78, 5) is 10.8. The number of rotatable bonds is 6. The molecule has 0 atom stereocenters. The second kappa shape index (κ2) is 7.92. The van der Waals surface area contributed by atoms with Crippen molar-refractivity contribution in [2.45, 2.75) is 26.2 Å². The highest BCUT2D eigenvalue weighted by Crippen LogP contribution is 1.97. The van der Waals surface area contributed by atoms with Crippen LogP contribution in [0.2, 0.25) is 0 Å². The normalized spacial score (nSPS) is 9.64. The Kier molecular flexibility index (Phi) is 7.79. The van der Waals surface area contributed by atoms with E-state index in [1.807, 2.05) is 6.26 Å². The summed E-state index contributed by atoms with van der Waals surface area (Å²) in [7, 11) is 0. The fraction of sp³-hybridized carbons (Fsp3) is 0.875. The molecule has 2 nitrogen and oxygen atoms in total. The van der Waals surface area contributed by atoms with Crippen molar-refractivity contribution in [3.05, 3.63) is 0 Å². The summed E-state index contributed by atoms with van der Waals surface area (Å²) in [6.07, 6.45) is 4.57. The van der Waals surface area contributed by atoms with Crippen LogP contribution in [0.4, 0.5) is 0 Å². The molecule has 11 heavy (non-hydrogen) atoms. The molecule has 0 aliphatic carbocycles. The van der Waals surface area contributed by atoms with Crippen LogP contribution in [0, 0.1) is 0 Å². The standard InChI is InChI=1S/C8H16O2S/c1-3-4-5-8(9)10-6-7-11-2/h3-7H2,1-2H3. The van der Waals surface area contributed by atoms with Gasteiger partial charge in [-0.15, -0.1) is 0 Å². The lowest BCUT2D eigenvalue weighted by molar-refractivity contribution is -0.143. The number of ether oxygens (including phenoxy) is 1. The van der Waals surface area contributed by atoms with E-state index in [2.05, 4.69) is 6.92 Å². The minimum atomic E-state index is -0.0547. The van der Waals surface area contributed by atoms with E-state index in [1.165, 1.54) is 0 Å². The molecule has 0 aromatic rings. The van der Waals surface area contributed by atoms with Crippen molar-refractivity contribution in [2.75, 3.05) is 18.6 Å². The summed E-state index contributed by atoms with van der Waals surface area (Å²) in [6, 6.07) is 0. The Bertz CT molecular complexity index is 104. The van der Waals surface area contributed by atoms with Gasteiger partial charge in [0.2, 0.25) is 0 Å². The predicted octanol–water partition coefficient (Wildman–Crippen LogP) is 2.08. The van der Waals surface area contributed by atoms with Crippen LogP contribution in [-0.4, -0.2) is 24.6 Å². The van der Waals surface area contributed by atoms with Gasteiger partial charge in [0, 0.05) is 12.2 Å². The van der Waals surface area contributed by atoms with Gasteiger partial charge in [-0.1, -0.05) is 13.3 Å². The monoisotopic (exact) mass is 176 g/mol. The van der Waals surface area contributed by atoms with Gasteiger partial charge in [0.1, 0.15) is 6.61 Å². The van der Waals surface area contributed by atoms with Gasteiger partial charge in [-0.3, -0.25) is 4.79 Å². The first-order chi connectivity index (χ1) is 5.31. The van der Waals surface area contributed by atoms with Crippen molar-refractivity contribution < 1.29 is 9.53 Å². The molecular weight excluding hydrogens is 160 g/mol. The Morgan fingerprint density at radius 3 is 2.82 bits per heavy atom. The molecular formula is C8H16O2S. The molecule has 0 radical (unpaired) electrons. The van der Waals surface area contributed by atoms with Gasteiger partial charge in [0.15, 0.2) is 0 Å². The third-order valence-corrected chi connectivity index (χ3v) is 1.86. The highest BCUT2D eigenvalue weighted by molar-refractivity contribution is 7.98. The zero-order valence-corrected chi connectivity index (χ0v) is 8.08. The molecule has 0 unspecified atom stereocenters. The van der Waals surface area contributed by atoms with Gasteiger partial charge in [-0.25, -0.2) is 0 Å². The molecule has 0 amide bonds. The van der Waals surface area contributed by atoms with E-state index in [0.29, 0.717) is 13.0 Å². The molecule has 0 aromatic heterocycles. The van der Waals surface area contributed by atoms with Crippen LogP contribution < -0.4 is 0 Å². The maximum atomic E-state index is 10.8. The van der Waals surface area contributed by atoms with Crippen molar-refractivity contribution >= 4 is 17.7 Å². The first-order valence-corrected chi connectivity index (χ1v) is 5.35. The van der Waals surface area contributed by atoms with Crippen LogP contribution in [-0.2, 0) is 9.53 Å². The van der Waals surface area contributed by atoms with E-state index in [9.17, 15) is 4.79 Å². The Morgan fingerprint density at radius 1 is 1.55 bits per heavy atom. The zero-order chi connectivity index (χ0) is 8.53. The smallest absolute Gasteiger partial charge is 0.305 e. The number of hydrogen-bond acceptors (Lipinski definition) is 3. The molecule has 66 valence electrons. The van der Waals surface area contributed by atoms with Gasteiger partial charge in [-0.2, -0.15) is 11.8 Å². The minimum Gasteiger partial charge on any atom is -0.465 e. The SMILES string of the molecule is CCCCC(=O)OCCSC. The molecule has 0 aliphatic rings. The number of carbonyl (C=O) groups excluding carboxylic acids is 1. The second-order valence-corrected chi connectivity index (χ2v) is 3.30. The fourth-order valence-corrected chi connectivity index (χ4v) is 0.882. The van der Waals surface area contributed by atoms with Gasteiger partial charge in [-0.05, 0) is 12.7 Å². The zero-order valence-electron chi connectivity index (χ0n) is 7.26.